The molecule has 5 nitrogen and oxygen atoms in total. The number of aliphatic hydroxyl groups excluding tert-OH is 2. The first-order chi connectivity index (χ1) is 9.41. The van der Waals surface area contributed by atoms with E-state index in [2.05, 4.69) is 13.2 Å². The maximum absolute atomic E-state index is 11.9. The van der Waals surface area contributed by atoms with Gasteiger partial charge in [0.2, 0.25) is 0 Å². The van der Waals surface area contributed by atoms with Crippen LogP contribution in [0.4, 0.5) is 0 Å². The molecular formula is C15H20O5. The van der Waals surface area contributed by atoms with Crippen LogP contribution >= 0.6 is 0 Å². The number of carbonyl (C=O) groups excluding carboxylic acids is 1. The predicted octanol–water partition coefficient (Wildman–Crippen LogP) is 0.155. The fourth-order valence-corrected chi connectivity index (χ4v) is 4.09. The molecule has 2 aliphatic carbocycles. The zero-order valence-corrected chi connectivity index (χ0v) is 11.3. The van der Waals surface area contributed by atoms with Crippen molar-refractivity contribution < 1.29 is 24.9 Å². The summed E-state index contributed by atoms with van der Waals surface area (Å²) < 4.78 is 5.37. The summed E-state index contributed by atoms with van der Waals surface area (Å²) in [4.78, 5) is 11.9. The van der Waals surface area contributed by atoms with Gasteiger partial charge in [0.1, 0.15) is 11.7 Å². The highest BCUT2D eigenvalue weighted by molar-refractivity contribution is 5.76. The van der Waals surface area contributed by atoms with Crippen LogP contribution in [-0.2, 0) is 9.53 Å². The van der Waals surface area contributed by atoms with Gasteiger partial charge in [-0.2, -0.15) is 0 Å². The number of carbonyl (C=O) groups is 1. The van der Waals surface area contributed by atoms with E-state index in [1.165, 1.54) is 0 Å². The van der Waals surface area contributed by atoms with E-state index in [-0.39, 0.29) is 18.4 Å². The third-order valence-electron chi connectivity index (χ3n) is 5.28. The first-order valence-corrected chi connectivity index (χ1v) is 7.00. The standard InChI is InChI=1S/C15H20O5/c1-7-3-4-9-10(6-16)14(18)20-13(9)15(19)8(2)12(17)5-11(7)15/h9-13,16-17,19H,1-6H2/t9-,10-,11-,12+,13-,15+/m0/s1. The molecule has 5 heteroatoms. The molecule has 6 atom stereocenters. The Bertz CT molecular complexity index is 485. The number of esters is 1. The molecule has 0 amide bonds. The molecule has 3 aliphatic rings. The smallest absolute Gasteiger partial charge is 0.312 e. The van der Waals surface area contributed by atoms with Crippen LogP contribution in [0.15, 0.2) is 24.3 Å². The SMILES string of the molecule is C=C1CC[C@H]2[C@H](CO)C(=O)O[C@@H]2[C@@]2(O)C(=C)[C@H](O)C[C@@H]12. The highest BCUT2D eigenvalue weighted by Crippen LogP contribution is 2.54. The molecule has 0 aromatic heterocycles. The molecule has 0 bridgehead atoms. The largest absolute Gasteiger partial charge is 0.458 e. The molecule has 3 rings (SSSR count). The Labute approximate surface area is 117 Å². The van der Waals surface area contributed by atoms with Gasteiger partial charge in [-0.15, -0.1) is 0 Å². The molecule has 0 unspecified atom stereocenters. The molecular weight excluding hydrogens is 260 g/mol. The van der Waals surface area contributed by atoms with Gasteiger partial charge in [0.05, 0.1) is 18.6 Å². The van der Waals surface area contributed by atoms with Crippen LogP contribution in [-0.4, -0.2) is 45.7 Å². The zero-order chi connectivity index (χ0) is 14.7. The first kappa shape index (κ1) is 13.8. The number of ether oxygens (including phenoxy) is 1. The van der Waals surface area contributed by atoms with E-state index >= 15 is 0 Å². The second kappa shape index (κ2) is 4.41. The summed E-state index contributed by atoms with van der Waals surface area (Å²) in [6, 6.07) is 0. The van der Waals surface area contributed by atoms with Gasteiger partial charge in [0.15, 0.2) is 0 Å². The van der Waals surface area contributed by atoms with E-state index in [0.717, 1.165) is 5.57 Å². The van der Waals surface area contributed by atoms with Crippen molar-refractivity contribution in [2.75, 3.05) is 6.61 Å². The number of hydrogen-bond donors (Lipinski definition) is 3. The third-order valence-corrected chi connectivity index (χ3v) is 5.28. The van der Waals surface area contributed by atoms with E-state index in [0.29, 0.717) is 24.8 Å². The zero-order valence-electron chi connectivity index (χ0n) is 11.3. The van der Waals surface area contributed by atoms with Crippen LogP contribution in [0.2, 0.25) is 0 Å². The number of aliphatic hydroxyl groups is 3. The Morgan fingerprint density at radius 1 is 1.40 bits per heavy atom. The Kier molecular flexibility index (Phi) is 3.04. The minimum atomic E-state index is -1.46. The van der Waals surface area contributed by atoms with Crippen molar-refractivity contribution in [2.45, 2.75) is 37.1 Å². The van der Waals surface area contributed by atoms with Crippen LogP contribution in [0.3, 0.4) is 0 Å². The predicted molar refractivity (Wildman–Crippen MR) is 70.5 cm³/mol. The minimum absolute atomic E-state index is 0.263. The molecule has 0 aromatic rings. The van der Waals surface area contributed by atoms with Crippen LogP contribution < -0.4 is 0 Å². The van der Waals surface area contributed by atoms with Crippen LogP contribution in [0.1, 0.15) is 19.3 Å². The lowest BCUT2D eigenvalue weighted by Gasteiger charge is -2.36. The summed E-state index contributed by atoms with van der Waals surface area (Å²) in [7, 11) is 0. The van der Waals surface area contributed by atoms with Crippen LogP contribution in [0.25, 0.3) is 0 Å². The van der Waals surface area contributed by atoms with Crippen molar-refractivity contribution in [3.63, 3.8) is 0 Å². The Morgan fingerprint density at radius 2 is 2.10 bits per heavy atom. The quantitative estimate of drug-likeness (QED) is 0.470. The average Bonchev–Trinajstić information content (AvgIpc) is 2.83. The summed E-state index contributed by atoms with van der Waals surface area (Å²) in [5.74, 6) is -1.69. The number of hydrogen-bond acceptors (Lipinski definition) is 5. The lowest BCUT2D eigenvalue weighted by Crippen LogP contribution is -2.49. The molecule has 110 valence electrons. The molecule has 0 radical (unpaired) electrons. The molecule has 3 N–H and O–H groups in total. The highest BCUT2D eigenvalue weighted by atomic mass is 16.6. The summed E-state index contributed by atoms with van der Waals surface area (Å²) >= 11 is 0. The van der Waals surface area contributed by atoms with Crippen LogP contribution in [0.5, 0.6) is 0 Å². The molecule has 2 saturated carbocycles. The van der Waals surface area contributed by atoms with E-state index in [1.807, 2.05) is 0 Å². The molecule has 1 aliphatic heterocycles. The number of rotatable bonds is 1. The monoisotopic (exact) mass is 280 g/mol. The summed E-state index contributed by atoms with van der Waals surface area (Å²) in [6.07, 6.45) is 0.0938. The van der Waals surface area contributed by atoms with Crippen molar-refractivity contribution in [1.29, 1.82) is 0 Å². The van der Waals surface area contributed by atoms with Crippen molar-refractivity contribution in [3.05, 3.63) is 24.3 Å². The normalized spacial score (nSPS) is 47.8. The Hall–Kier alpha value is -1.17. The second-order valence-electron chi connectivity index (χ2n) is 6.16. The molecule has 1 saturated heterocycles. The molecule has 1 heterocycles. The van der Waals surface area contributed by atoms with Crippen molar-refractivity contribution in [2.24, 2.45) is 17.8 Å². The fraction of sp³-hybridized carbons (Fsp3) is 0.667. The third kappa shape index (κ3) is 1.57. The minimum Gasteiger partial charge on any atom is -0.458 e. The van der Waals surface area contributed by atoms with Crippen molar-refractivity contribution >= 4 is 5.97 Å². The Balaban J connectivity index is 2.06. The van der Waals surface area contributed by atoms with E-state index in [1.54, 1.807) is 0 Å². The number of fused-ring (bicyclic) bond motifs is 3. The maximum atomic E-state index is 11.9. The van der Waals surface area contributed by atoms with Gasteiger partial charge >= 0.3 is 5.97 Å². The summed E-state index contributed by atoms with van der Waals surface area (Å²) in [5.41, 5.74) is -0.309. The van der Waals surface area contributed by atoms with E-state index in [4.69, 9.17) is 4.74 Å². The van der Waals surface area contributed by atoms with Gasteiger partial charge in [-0.25, -0.2) is 0 Å². The Morgan fingerprint density at radius 3 is 2.75 bits per heavy atom. The van der Waals surface area contributed by atoms with E-state index < -0.39 is 29.7 Å². The first-order valence-electron chi connectivity index (χ1n) is 7.00. The second-order valence-corrected chi connectivity index (χ2v) is 6.16. The average molecular weight is 280 g/mol. The van der Waals surface area contributed by atoms with Gasteiger partial charge in [-0.3, -0.25) is 4.79 Å². The van der Waals surface area contributed by atoms with Gasteiger partial charge in [0, 0.05) is 11.8 Å². The van der Waals surface area contributed by atoms with Gasteiger partial charge in [0.25, 0.3) is 0 Å². The van der Waals surface area contributed by atoms with Gasteiger partial charge < -0.3 is 20.1 Å². The highest BCUT2D eigenvalue weighted by Gasteiger charge is 2.63. The lowest BCUT2D eigenvalue weighted by molar-refractivity contribution is -0.154. The van der Waals surface area contributed by atoms with Crippen molar-refractivity contribution in [1.82, 2.24) is 0 Å². The lowest BCUT2D eigenvalue weighted by atomic mass is 9.76. The molecule has 20 heavy (non-hydrogen) atoms. The topological polar surface area (TPSA) is 87.0 Å². The van der Waals surface area contributed by atoms with Gasteiger partial charge in [-0.1, -0.05) is 18.7 Å². The molecule has 0 spiro atoms. The van der Waals surface area contributed by atoms with Crippen LogP contribution in [0, 0.1) is 17.8 Å². The fourth-order valence-electron chi connectivity index (χ4n) is 4.09. The summed E-state index contributed by atoms with van der Waals surface area (Å²) in [5, 5.41) is 30.5. The molecule has 0 aromatic carbocycles. The van der Waals surface area contributed by atoms with Crippen molar-refractivity contribution in [3.8, 4) is 0 Å². The van der Waals surface area contributed by atoms with E-state index in [9.17, 15) is 20.1 Å². The maximum Gasteiger partial charge on any atom is 0.312 e. The molecule has 3 fully saturated rings. The van der Waals surface area contributed by atoms with Gasteiger partial charge in [-0.05, 0) is 24.8 Å². The summed E-state index contributed by atoms with van der Waals surface area (Å²) in [6.45, 7) is 7.53.